The quantitative estimate of drug-likeness (QED) is 0.141. The summed E-state index contributed by atoms with van der Waals surface area (Å²) in [6.07, 6.45) is 3.22. The van der Waals surface area contributed by atoms with E-state index in [-0.39, 0.29) is 24.6 Å². The Hall–Kier alpha value is -3.74. The van der Waals surface area contributed by atoms with Gasteiger partial charge in [0.2, 0.25) is 21.8 Å². The zero-order valence-corrected chi connectivity index (χ0v) is 22.5. The minimum Gasteiger partial charge on any atom is -0.384 e. The SMILES string of the molecule is CN=C(N)c1ccc(CNC(=O)CNC(=O)[C@@H](CSc2ccncc2)NS(=O)(=O)Cc2ccccc2)cc1. The number of nitrogens with one attached hydrogen (secondary N) is 3. The van der Waals surface area contributed by atoms with Crippen molar-refractivity contribution in [2.24, 2.45) is 10.7 Å². The van der Waals surface area contributed by atoms with Gasteiger partial charge in [-0.15, -0.1) is 11.8 Å². The summed E-state index contributed by atoms with van der Waals surface area (Å²) >= 11 is 1.30. The molecule has 38 heavy (non-hydrogen) atoms. The molecule has 0 bridgehead atoms. The zero-order valence-electron chi connectivity index (χ0n) is 20.8. The molecule has 2 amide bonds. The molecule has 0 radical (unpaired) electrons. The summed E-state index contributed by atoms with van der Waals surface area (Å²) in [5.74, 6) is -0.740. The minimum absolute atomic E-state index is 0.127. The molecule has 1 aromatic heterocycles. The van der Waals surface area contributed by atoms with Gasteiger partial charge in [0.05, 0.1) is 12.3 Å². The summed E-state index contributed by atoms with van der Waals surface area (Å²) < 4.78 is 28.1. The molecule has 0 aliphatic rings. The van der Waals surface area contributed by atoms with Crippen LogP contribution in [0.5, 0.6) is 0 Å². The van der Waals surface area contributed by atoms with Crippen molar-refractivity contribution < 1.29 is 18.0 Å². The van der Waals surface area contributed by atoms with Gasteiger partial charge in [-0.2, -0.15) is 0 Å². The number of carbonyl (C=O) groups excluding carboxylic acids is 2. The van der Waals surface area contributed by atoms with Crippen molar-refractivity contribution in [1.82, 2.24) is 20.3 Å². The van der Waals surface area contributed by atoms with E-state index in [9.17, 15) is 18.0 Å². The van der Waals surface area contributed by atoms with Crippen LogP contribution in [0.25, 0.3) is 0 Å². The van der Waals surface area contributed by atoms with Crippen LogP contribution in [0.15, 0.2) is 89.0 Å². The van der Waals surface area contributed by atoms with Crippen LogP contribution >= 0.6 is 11.8 Å². The molecule has 12 heteroatoms. The van der Waals surface area contributed by atoms with E-state index in [1.54, 1.807) is 74.0 Å². The molecule has 0 aliphatic carbocycles. The highest BCUT2D eigenvalue weighted by atomic mass is 32.2. The van der Waals surface area contributed by atoms with E-state index >= 15 is 0 Å². The van der Waals surface area contributed by atoms with Crippen molar-refractivity contribution in [3.63, 3.8) is 0 Å². The normalized spacial score (nSPS) is 12.5. The second-order valence-electron chi connectivity index (χ2n) is 8.21. The summed E-state index contributed by atoms with van der Waals surface area (Å²) in [5.41, 5.74) is 8.00. The van der Waals surface area contributed by atoms with Crippen LogP contribution in [-0.4, -0.2) is 56.4 Å². The highest BCUT2D eigenvalue weighted by molar-refractivity contribution is 7.99. The van der Waals surface area contributed by atoms with Crippen molar-refractivity contribution in [1.29, 1.82) is 0 Å². The van der Waals surface area contributed by atoms with E-state index in [1.165, 1.54) is 11.8 Å². The first-order valence-corrected chi connectivity index (χ1v) is 14.3. The molecule has 0 saturated carbocycles. The number of thioether (sulfide) groups is 1. The third-order valence-electron chi connectivity index (χ3n) is 5.31. The smallest absolute Gasteiger partial charge is 0.239 e. The Morgan fingerprint density at radius 1 is 0.974 bits per heavy atom. The van der Waals surface area contributed by atoms with Gasteiger partial charge in [-0.3, -0.25) is 19.6 Å². The van der Waals surface area contributed by atoms with Gasteiger partial charge in [0, 0.05) is 42.2 Å². The summed E-state index contributed by atoms with van der Waals surface area (Å²) in [5, 5.41) is 5.27. The number of pyridine rings is 1. The highest BCUT2D eigenvalue weighted by Crippen LogP contribution is 2.18. The van der Waals surface area contributed by atoms with Gasteiger partial charge >= 0.3 is 0 Å². The molecule has 200 valence electrons. The van der Waals surface area contributed by atoms with Crippen molar-refractivity contribution in [3.8, 4) is 0 Å². The van der Waals surface area contributed by atoms with Crippen molar-refractivity contribution in [3.05, 3.63) is 95.8 Å². The minimum atomic E-state index is -3.83. The van der Waals surface area contributed by atoms with E-state index in [1.807, 2.05) is 12.1 Å². The Morgan fingerprint density at radius 3 is 2.32 bits per heavy atom. The summed E-state index contributed by atoms with van der Waals surface area (Å²) in [7, 11) is -2.23. The van der Waals surface area contributed by atoms with Crippen LogP contribution in [0.3, 0.4) is 0 Å². The Bertz CT molecular complexity index is 1340. The van der Waals surface area contributed by atoms with Crippen molar-refractivity contribution >= 4 is 39.4 Å². The highest BCUT2D eigenvalue weighted by Gasteiger charge is 2.25. The molecule has 1 atom stereocenters. The summed E-state index contributed by atoms with van der Waals surface area (Å²) in [4.78, 5) is 34.0. The number of hydrogen-bond acceptors (Lipinski definition) is 7. The summed E-state index contributed by atoms with van der Waals surface area (Å²) in [6.45, 7) is -0.0492. The Balaban J connectivity index is 1.57. The first kappa shape index (κ1) is 28.8. The number of hydrogen-bond donors (Lipinski definition) is 4. The van der Waals surface area contributed by atoms with Crippen LogP contribution in [0.4, 0.5) is 0 Å². The maximum absolute atomic E-state index is 12.9. The van der Waals surface area contributed by atoms with E-state index < -0.39 is 27.9 Å². The molecule has 0 spiro atoms. The number of rotatable bonds is 13. The van der Waals surface area contributed by atoms with E-state index in [2.05, 4.69) is 25.3 Å². The molecule has 2 aromatic carbocycles. The van der Waals surface area contributed by atoms with Crippen molar-refractivity contribution in [2.45, 2.75) is 23.2 Å². The average Bonchev–Trinajstić information content (AvgIpc) is 2.93. The van der Waals surface area contributed by atoms with Crippen LogP contribution in [-0.2, 0) is 31.9 Å². The third kappa shape index (κ3) is 9.61. The predicted octanol–water partition coefficient (Wildman–Crippen LogP) is 1.43. The molecular weight excluding hydrogens is 524 g/mol. The molecule has 0 saturated heterocycles. The van der Waals surface area contributed by atoms with Gasteiger partial charge in [0.25, 0.3) is 0 Å². The number of nitrogens with two attached hydrogens (primary N) is 1. The lowest BCUT2D eigenvalue weighted by Gasteiger charge is -2.18. The van der Waals surface area contributed by atoms with Gasteiger partial charge in [-0.1, -0.05) is 54.6 Å². The van der Waals surface area contributed by atoms with Gasteiger partial charge in [0.1, 0.15) is 11.9 Å². The monoisotopic (exact) mass is 554 g/mol. The number of nitrogens with zero attached hydrogens (tertiary/aromatic N) is 2. The molecular formula is C26H30N6O4S2. The molecule has 0 aliphatic heterocycles. The molecule has 5 N–H and O–H groups in total. The fourth-order valence-corrected chi connectivity index (χ4v) is 5.66. The molecule has 0 unspecified atom stereocenters. The summed E-state index contributed by atoms with van der Waals surface area (Å²) in [6, 6.07) is 18.4. The van der Waals surface area contributed by atoms with E-state index in [0.29, 0.717) is 11.4 Å². The van der Waals surface area contributed by atoms with Gasteiger partial charge in [-0.05, 0) is 23.3 Å². The lowest BCUT2D eigenvalue weighted by molar-refractivity contribution is -0.126. The number of amides is 2. The predicted molar refractivity (Wildman–Crippen MR) is 149 cm³/mol. The topological polar surface area (TPSA) is 156 Å². The lowest BCUT2D eigenvalue weighted by Crippen LogP contribution is -2.50. The fraction of sp³-hybridized carbons (Fsp3) is 0.231. The average molecular weight is 555 g/mol. The zero-order chi connectivity index (χ0) is 27.4. The Labute approximate surface area is 226 Å². The molecule has 3 rings (SSSR count). The standard InChI is InChI=1S/C26H30N6O4S2/c1-28-25(27)21-9-7-19(8-10-21)15-30-24(33)16-31-26(34)23(17-37-22-11-13-29-14-12-22)32-38(35,36)18-20-5-3-2-4-6-20/h2-14,23,32H,15-18H2,1H3,(H2,27,28)(H,30,33)(H,31,34)/t23-/m1/s1. The molecule has 10 nitrogen and oxygen atoms in total. The van der Waals surface area contributed by atoms with Gasteiger partial charge in [-0.25, -0.2) is 13.1 Å². The Morgan fingerprint density at radius 2 is 1.66 bits per heavy atom. The van der Waals surface area contributed by atoms with E-state index in [0.717, 1.165) is 16.0 Å². The first-order chi connectivity index (χ1) is 18.3. The molecule has 3 aromatic rings. The van der Waals surface area contributed by atoms with Crippen LogP contribution in [0.1, 0.15) is 16.7 Å². The maximum atomic E-state index is 12.9. The third-order valence-corrected chi connectivity index (χ3v) is 7.77. The number of aliphatic imine (C=N–C) groups is 1. The van der Waals surface area contributed by atoms with Crippen LogP contribution in [0, 0.1) is 0 Å². The van der Waals surface area contributed by atoms with Crippen LogP contribution in [0.2, 0.25) is 0 Å². The second-order valence-corrected chi connectivity index (χ2v) is 11.1. The largest absolute Gasteiger partial charge is 0.384 e. The fourth-order valence-electron chi connectivity index (χ4n) is 3.31. The van der Waals surface area contributed by atoms with E-state index in [4.69, 9.17) is 5.73 Å². The number of amidine groups is 1. The number of carbonyl (C=O) groups is 2. The maximum Gasteiger partial charge on any atom is 0.239 e. The molecule has 1 heterocycles. The van der Waals surface area contributed by atoms with Gasteiger partial charge < -0.3 is 16.4 Å². The lowest BCUT2D eigenvalue weighted by atomic mass is 10.1. The van der Waals surface area contributed by atoms with Crippen LogP contribution < -0.4 is 21.1 Å². The Kier molecular flexibility index (Phi) is 10.8. The van der Waals surface area contributed by atoms with Crippen molar-refractivity contribution in [2.75, 3.05) is 19.3 Å². The number of aromatic nitrogens is 1. The molecule has 0 fully saturated rings. The number of benzene rings is 2. The number of sulfonamides is 1. The first-order valence-electron chi connectivity index (χ1n) is 11.7. The second kappa shape index (κ2) is 14.3. The van der Waals surface area contributed by atoms with Gasteiger partial charge in [0.15, 0.2) is 0 Å².